The molecule has 0 saturated heterocycles. The van der Waals surface area contributed by atoms with Gasteiger partial charge in [-0.05, 0) is 42.5 Å². The Morgan fingerprint density at radius 1 is 1.00 bits per heavy atom. The Balaban J connectivity index is 1.68. The van der Waals surface area contributed by atoms with E-state index in [4.69, 9.17) is 4.74 Å². The van der Waals surface area contributed by atoms with Crippen molar-refractivity contribution >= 4 is 29.1 Å². The lowest BCUT2D eigenvalue weighted by Crippen LogP contribution is -2.22. The molecule has 1 aromatic heterocycles. The topological polar surface area (TPSA) is 80.3 Å². The van der Waals surface area contributed by atoms with Crippen LogP contribution in [0, 0.1) is 5.82 Å². The van der Waals surface area contributed by atoms with Gasteiger partial charge in [0.15, 0.2) is 6.61 Å². The van der Waals surface area contributed by atoms with Gasteiger partial charge in [0.25, 0.3) is 5.91 Å². The molecule has 0 radical (unpaired) electrons. The number of benzene rings is 2. The summed E-state index contributed by atoms with van der Waals surface area (Å²) in [6.45, 7) is -0.703. The van der Waals surface area contributed by atoms with Crippen molar-refractivity contribution in [2.45, 2.75) is 6.18 Å². The van der Waals surface area contributed by atoms with Gasteiger partial charge >= 0.3 is 12.1 Å². The summed E-state index contributed by atoms with van der Waals surface area (Å²) in [5, 5.41) is 4.90. The second-order valence-electron chi connectivity index (χ2n) is 6.21. The van der Waals surface area contributed by atoms with E-state index >= 15 is 0 Å². The summed E-state index contributed by atoms with van der Waals surface area (Å²) in [5.74, 6) is -2.41. The van der Waals surface area contributed by atoms with Crippen LogP contribution in [0.1, 0.15) is 15.9 Å². The molecule has 0 saturated carbocycles. The van der Waals surface area contributed by atoms with Crippen molar-refractivity contribution in [1.82, 2.24) is 4.98 Å². The molecule has 2 N–H and O–H groups in total. The van der Waals surface area contributed by atoms with Crippen molar-refractivity contribution in [1.29, 1.82) is 0 Å². The number of aromatic nitrogens is 1. The molecule has 0 bridgehead atoms. The van der Waals surface area contributed by atoms with Crippen molar-refractivity contribution in [3.63, 3.8) is 0 Å². The van der Waals surface area contributed by atoms with Gasteiger partial charge in [-0.25, -0.2) is 14.2 Å². The molecule has 31 heavy (non-hydrogen) atoms. The summed E-state index contributed by atoms with van der Waals surface area (Å²) in [6, 6.07) is 12.6. The first kappa shape index (κ1) is 21.8. The summed E-state index contributed by atoms with van der Waals surface area (Å²) >= 11 is 0. The van der Waals surface area contributed by atoms with Crippen molar-refractivity contribution in [3.8, 4) is 0 Å². The number of alkyl halides is 3. The fraction of sp³-hybridized carbons (Fsp3) is 0.0952. The molecule has 0 aliphatic carbocycles. The van der Waals surface area contributed by atoms with Gasteiger partial charge in [-0.1, -0.05) is 18.2 Å². The van der Waals surface area contributed by atoms with Gasteiger partial charge in [-0.2, -0.15) is 13.2 Å². The zero-order valence-electron chi connectivity index (χ0n) is 15.7. The molecule has 10 heteroatoms. The lowest BCUT2D eigenvalue weighted by atomic mass is 10.2. The Bertz CT molecular complexity index is 1100. The van der Waals surface area contributed by atoms with Crippen LogP contribution in [0.25, 0.3) is 0 Å². The molecule has 6 nitrogen and oxygen atoms in total. The molecule has 0 unspecified atom stereocenters. The van der Waals surface area contributed by atoms with E-state index in [1.807, 2.05) is 0 Å². The van der Waals surface area contributed by atoms with Crippen LogP contribution in [-0.2, 0) is 15.7 Å². The average molecular weight is 433 g/mol. The molecule has 0 atom stereocenters. The van der Waals surface area contributed by atoms with Crippen LogP contribution in [0.15, 0.2) is 66.9 Å². The second kappa shape index (κ2) is 9.24. The third-order valence-electron chi connectivity index (χ3n) is 3.96. The van der Waals surface area contributed by atoms with Gasteiger partial charge in [0.2, 0.25) is 0 Å². The SMILES string of the molecule is O=C(COC(=O)c1cccnc1Nc1cccc(C(F)(F)F)c1)Nc1ccccc1F. The minimum absolute atomic E-state index is 0.0543. The van der Waals surface area contributed by atoms with E-state index in [9.17, 15) is 27.2 Å². The summed E-state index contributed by atoms with van der Waals surface area (Å²) in [5.41, 5.74) is -0.988. The molecule has 1 heterocycles. The molecule has 2 aromatic carbocycles. The third kappa shape index (κ3) is 5.78. The molecule has 3 aromatic rings. The smallest absolute Gasteiger partial charge is 0.416 e. The van der Waals surface area contributed by atoms with E-state index in [2.05, 4.69) is 15.6 Å². The van der Waals surface area contributed by atoms with Crippen molar-refractivity contribution in [3.05, 3.63) is 83.8 Å². The zero-order chi connectivity index (χ0) is 22.4. The predicted octanol–water partition coefficient (Wildman–Crippen LogP) is 4.78. The number of carbonyl (C=O) groups excluding carboxylic acids is 2. The molecule has 3 rings (SSSR count). The highest BCUT2D eigenvalue weighted by Crippen LogP contribution is 2.31. The van der Waals surface area contributed by atoms with E-state index in [-0.39, 0.29) is 22.8 Å². The first-order chi connectivity index (χ1) is 14.7. The number of pyridine rings is 1. The van der Waals surface area contributed by atoms with Gasteiger partial charge in [0, 0.05) is 11.9 Å². The lowest BCUT2D eigenvalue weighted by Gasteiger charge is -2.13. The zero-order valence-corrected chi connectivity index (χ0v) is 15.7. The van der Waals surface area contributed by atoms with Crippen molar-refractivity contribution in [2.75, 3.05) is 17.2 Å². The van der Waals surface area contributed by atoms with Crippen LogP contribution in [0.4, 0.5) is 34.8 Å². The quantitative estimate of drug-likeness (QED) is 0.432. The van der Waals surface area contributed by atoms with Crippen LogP contribution in [0.2, 0.25) is 0 Å². The maximum Gasteiger partial charge on any atom is 0.416 e. The number of para-hydroxylation sites is 1. The molecular formula is C21H15F4N3O3. The molecule has 0 aliphatic heterocycles. The van der Waals surface area contributed by atoms with Gasteiger partial charge in [0.05, 0.1) is 11.3 Å². The van der Waals surface area contributed by atoms with Crippen LogP contribution in [0.5, 0.6) is 0 Å². The van der Waals surface area contributed by atoms with Gasteiger partial charge in [0.1, 0.15) is 17.2 Å². The van der Waals surface area contributed by atoms with Crippen LogP contribution in [-0.4, -0.2) is 23.5 Å². The summed E-state index contributed by atoms with van der Waals surface area (Å²) in [4.78, 5) is 28.2. The Morgan fingerprint density at radius 2 is 1.77 bits per heavy atom. The normalized spacial score (nSPS) is 11.0. The monoisotopic (exact) mass is 433 g/mol. The molecule has 0 fully saturated rings. The van der Waals surface area contributed by atoms with E-state index in [1.165, 1.54) is 48.7 Å². The first-order valence-electron chi connectivity index (χ1n) is 8.85. The highest BCUT2D eigenvalue weighted by molar-refractivity contribution is 5.98. The number of anilines is 3. The average Bonchev–Trinajstić information content (AvgIpc) is 2.74. The van der Waals surface area contributed by atoms with Gasteiger partial charge in [-0.15, -0.1) is 0 Å². The van der Waals surface area contributed by atoms with Crippen LogP contribution < -0.4 is 10.6 Å². The Labute approximate surface area is 173 Å². The lowest BCUT2D eigenvalue weighted by molar-refractivity contribution is -0.137. The first-order valence-corrected chi connectivity index (χ1v) is 8.85. The Kier molecular flexibility index (Phi) is 6.49. The summed E-state index contributed by atoms with van der Waals surface area (Å²) in [6.07, 6.45) is -3.20. The number of nitrogens with one attached hydrogen (secondary N) is 2. The fourth-order valence-electron chi connectivity index (χ4n) is 2.54. The van der Waals surface area contributed by atoms with E-state index in [0.717, 1.165) is 18.2 Å². The number of nitrogens with zero attached hydrogens (tertiary/aromatic N) is 1. The molecule has 160 valence electrons. The molecule has 1 amide bonds. The number of carbonyl (C=O) groups is 2. The number of hydrogen-bond donors (Lipinski definition) is 2. The van der Waals surface area contributed by atoms with Crippen LogP contribution >= 0.6 is 0 Å². The number of esters is 1. The standard InChI is InChI=1S/C21H15F4N3O3/c22-16-8-1-2-9-17(16)28-18(29)12-31-20(30)15-7-4-10-26-19(15)27-14-6-3-5-13(11-14)21(23,24)25/h1-11H,12H2,(H,26,27)(H,28,29). The number of amides is 1. The van der Waals surface area contributed by atoms with Crippen molar-refractivity contribution in [2.24, 2.45) is 0 Å². The number of ether oxygens (including phenoxy) is 1. The second-order valence-corrected chi connectivity index (χ2v) is 6.21. The Hall–Kier alpha value is -3.95. The maximum atomic E-state index is 13.6. The number of hydrogen-bond acceptors (Lipinski definition) is 5. The van der Waals surface area contributed by atoms with E-state index in [1.54, 1.807) is 0 Å². The highest BCUT2D eigenvalue weighted by Gasteiger charge is 2.30. The van der Waals surface area contributed by atoms with Gasteiger partial charge in [-0.3, -0.25) is 4.79 Å². The predicted molar refractivity (Wildman–Crippen MR) is 104 cm³/mol. The third-order valence-corrected chi connectivity index (χ3v) is 3.96. The molecule has 0 spiro atoms. The van der Waals surface area contributed by atoms with Gasteiger partial charge < -0.3 is 15.4 Å². The largest absolute Gasteiger partial charge is 0.452 e. The fourth-order valence-corrected chi connectivity index (χ4v) is 2.54. The van der Waals surface area contributed by atoms with Crippen LogP contribution in [0.3, 0.4) is 0 Å². The summed E-state index contributed by atoms with van der Waals surface area (Å²) < 4.78 is 57.2. The minimum atomic E-state index is -4.53. The van der Waals surface area contributed by atoms with E-state index < -0.39 is 36.0 Å². The van der Waals surface area contributed by atoms with E-state index in [0.29, 0.717) is 0 Å². The maximum absolute atomic E-state index is 13.6. The number of rotatable bonds is 6. The van der Waals surface area contributed by atoms with Crippen molar-refractivity contribution < 1.29 is 31.9 Å². The number of halogens is 4. The minimum Gasteiger partial charge on any atom is -0.452 e. The highest BCUT2D eigenvalue weighted by atomic mass is 19.4. The molecular weight excluding hydrogens is 418 g/mol. The molecule has 0 aliphatic rings. The summed E-state index contributed by atoms with van der Waals surface area (Å²) in [7, 11) is 0. The Morgan fingerprint density at radius 3 is 2.52 bits per heavy atom.